The molecule has 1 aliphatic rings. The average Bonchev–Trinajstić information content (AvgIpc) is 2.27. The third-order valence-corrected chi connectivity index (χ3v) is 2.84. The summed E-state index contributed by atoms with van der Waals surface area (Å²) in [7, 11) is 1.58. The van der Waals surface area contributed by atoms with E-state index in [1.165, 1.54) is 0 Å². The van der Waals surface area contributed by atoms with Crippen LogP contribution in [-0.2, 0) is 14.3 Å². The molecule has 1 rings (SSSR count). The van der Waals surface area contributed by atoms with Crippen LogP contribution in [0.2, 0.25) is 0 Å². The normalized spacial score (nSPS) is 17.2. The summed E-state index contributed by atoms with van der Waals surface area (Å²) in [6, 6.07) is 0.208. The van der Waals surface area contributed by atoms with Gasteiger partial charge in [-0.15, -0.1) is 0 Å². The van der Waals surface area contributed by atoms with Crippen molar-refractivity contribution in [1.29, 1.82) is 0 Å². The number of nitrogens with zero attached hydrogens (tertiary/aromatic N) is 1. The number of amides is 2. The van der Waals surface area contributed by atoms with Gasteiger partial charge in [0.2, 0.25) is 11.8 Å². The molecule has 0 aromatic rings. The van der Waals surface area contributed by atoms with Crippen molar-refractivity contribution >= 4 is 11.8 Å². The average molecular weight is 228 g/mol. The van der Waals surface area contributed by atoms with Gasteiger partial charge in [-0.3, -0.25) is 9.59 Å². The van der Waals surface area contributed by atoms with Crippen LogP contribution in [0.5, 0.6) is 0 Å². The van der Waals surface area contributed by atoms with Crippen LogP contribution in [0.25, 0.3) is 0 Å². The number of rotatable bonds is 4. The van der Waals surface area contributed by atoms with E-state index in [1.54, 1.807) is 14.0 Å². The highest BCUT2D eigenvalue weighted by atomic mass is 16.5. The molecule has 0 saturated carbocycles. The lowest BCUT2D eigenvalue weighted by Crippen LogP contribution is -2.46. The lowest BCUT2D eigenvalue weighted by Gasteiger charge is -2.31. The summed E-state index contributed by atoms with van der Waals surface area (Å²) in [6.07, 6.45) is 2.10. The maximum absolute atomic E-state index is 11.4. The fourth-order valence-electron chi connectivity index (χ4n) is 1.83. The Morgan fingerprint density at radius 2 is 2.00 bits per heavy atom. The molecule has 16 heavy (non-hydrogen) atoms. The zero-order valence-corrected chi connectivity index (χ0v) is 9.99. The molecular weight excluding hydrogens is 208 g/mol. The van der Waals surface area contributed by atoms with Crippen molar-refractivity contribution in [1.82, 2.24) is 10.2 Å². The molecule has 92 valence electrons. The Balaban J connectivity index is 2.21. The summed E-state index contributed by atoms with van der Waals surface area (Å²) in [4.78, 5) is 24.3. The second kappa shape index (κ2) is 6.48. The highest BCUT2D eigenvalue weighted by Gasteiger charge is 2.21. The topological polar surface area (TPSA) is 58.6 Å². The predicted molar refractivity (Wildman–Crippen MR) is 59.9 cm³/mol. The van der Waals surface area contributed by atoms with Gasteiger partial charge in [0.1, 0.15) is 0 Å². The molecule has 0 atom stereocenters. The summed E-state index contributed by atoms with van der Waals surface area (Å²) >= 11 is 0. The van der Waals surface area contributed by atoms with Crippen LogP contribution >= 0.6 is 0 Å². The Labute approximate surface area is 96.1 Å². The predicted octanol–water partition coefficient (Wildman–Crippen LogP) is 0.150. The van der Waals surface area contributed by atoms with Crippen molar-refractivity contribution in [3.05, 3.63) is 0 Å². The van der Waals surface area contributed by atoms with E-state index in [1.807, 2.05) is 4.90 Å². The maximum Gasteiger partial charge on any atom is 0.222 e. The molecule has 5 nitrogen and oxygen atoms in total. The minimum atomic E-state index is 0.0307. The van der Waals surface area contributed by atoms with E-state index < -0.39 is 0 Å². The molecule has 0 bridgehead atoms. The number of carbonyl (C=O) groups excluding carboxylic acids is 2. The number of hydrogen-bond acceptors (Lipinski definition) is 3. The summed E-state index contributed by atoms with van der Waals surface area (Å²) in [5, 5.41) is 2.96. The molecule has 1 saturated heterocycles. The molecule has 0 unspecified atom stereocenters. The van der Waals surface area contributed by atoms with Crippen molar-refractivity contribution in [3.63, 3.8) is 0 Å². The van der Waals surface area contributed by atoms with Gasteiger partial charge in [-0.1, -0.05) is 0 Å². The van der Waals surface area contributed by atoms with Crippen molar-refractivity contribution in [3.8, 4) is 0 Å². The van der Waals surface area contributed by atoms with Crippen LogP contribution in [0.3, 0.4) is 0 Å². The number of ether oxygens (including phenoxy) is 1. The third-order valence-electron chi connectivity index (χ3n) is 2.84. The van der Waals surface area contributed by atoms with E-state index in [0.29, 0.717) is 13.0 Å². The molecule has 2 amide bonds. The van der Waals surface area contributed by atoms with Crippen LogP contribution in [0.15, 0.2) is 0 Å². The molecular formula is C11H20N2O3. The first kappa shape index (κ1) is 13.0. The van der Waals surface area contributed by atoms with Gasteiger partial charge in [-0.25, -0.2) is 0 Å². The van der Waals surface area contributed by atoms with Crippen molar-refractivity contribution < 1.29 is 14.3 Å². The Morgan fingerprint density at radius 3 is 2.50 bits per heavy atom. The first-order valence-corrected chi connectivity index (χ1v) is 5.67. The zero-order valence-electron chi connectivity index (χ0n) is 9.99. The number of hydrogen-bond donors (Lipinski definition) is 1. The van der Waals surface area contributed by atoms with E-state index in [4.69, 9.17) is 4.74 Å². The molecule has 1 aliphatic heterocycles. The Bertz CT molecular complexity index is 248. The lowest BCUT2D eigenvalue weighted by atomic mass is 10.0. The molecule has 0 aromatic heterocycles. The molecule has 0 spiro atoms. The number of nitrogens with one attached hydrogen (secondary N) is 1. The maximum atomic E-state index is 11.4. The second-order valence-corrected chi connectivity index (χ2v) is 4.09. The fraction of sp³-hybridized carbons (Fsp3) is 0.818. The summed E-state index contributed by atoms with van der Waals surface area (Å²) in [6.45, 7) is 3.52. The molecule has 5 heteroatoms. The van der Waals surface area contributed by atoms with Gasteiger partial charge in [-0.05, 0) is 12.8 Å². The van der Waals surface area contributed by atoms with E-state index in [0.717, 1.165) is 25.9 Å². The first-order valence-electron chi connectivity index (χ1n) is 5.67. The van der Waals surface area contributed by atoms with Gasteiger partial charge < -0.3 is 15.0 Å². The van der Waals surface area contributed by atoms with Crippen LogP contribution in [0.4, 0.5) is 0 Å². The third kappa shape index (κ3) is 4.18. The summed E-state index contributed by atoms with van der Waals surface area (Å²) < 4.78 is 4.84. The Kier molecular flexibility index (Phi) is 5.25. The SMILES string of the molecule is COCCC(=O)NC1CCN(C(C)=O)CC1. The van der Waals surface area contributed by atoms with Gasteiger partial charge >= 0.3 is 0 Å². The molecule has 0 aliphatic carbocycles. The standard InChI is InChI=1S/C11H20N2O3/c1-9(14)13-6-3-10(4-7-13)12-11(15)5-8-16-2/h10H,3-8H2,1-2H3,(H,12,15). The minimum absolute atomic E-state index is 0.0307. The van der Waals surface area contributed by atoms with Crippen LogP contribution in [0, 0.1) is 0 Å². The van der Waals surface area contributed by atoms with Crippen molar-refractivity contribution in [2.45, 2.75) is 32.2 Å². The zero-order chi connectivity index (χ0) is 12.0. The van der Waals surface area contributed by atoms with Crippen molar-refractivity contribution in [2.24, 2.45) is 0 Å². The van der Waals surface area contributed by atoms with E-state index >= 15 is 0 Å². The Morgan fingerprint density at radius 1 is 1.38 bits per heavy atom. The fourth-order valence-corrected chi connectivity index (χ4v) is 1.83. The van der Waals surface area contributed by atoms with E-state index in [9.17, 15) is 9.59 Å². The largest absolute Gasteiger partial charge is 0.384 e. The highest BCUT2D eigenvalue weighted by molar-refractivity contribution is 5.76. The molecule has 0 radical (unpaired) electrons. The minimum Gasteiger partial charge on any atom is -0.384 e. The quantitative estimate of drug-likeness (QED) is 0.745. The van der Waals surface area contributed by atoms with E-state index in [-0.39, 0.29) is 17.9 Å². The van der Waals surface area contributed by atoms with Gasteiger partial charge in [0.25, 0.3) is 0 Å². The van der Waals surface area contributed by atoms with Crippen molar-refractivity contribution in [2.75, 3.05) is 26.8 Å². The van der Waals surface area contributed by atoms with Gasteiger partial charge in [0.15, 0.2) is 0 Å². The summed E-state index contributed by atoms with van der Waals surface area (Å²) in [5.41, 5.74) is 0. The molecule has 0 aromatic carbocycles. The summed E-state index contributed by atoms with van der Waals surface area (Å²) in [5.74, 6) is 0.146. The van der Waals surface area contributed by atoms with Gasteiger partial charge in [0.05, 0.1) is 6.61 Å². The Hall–Kier alpha value is -1.10. The van der Waals surface area contributed by atoms with Gasteiger partial charge in [-0.2, -0.15) is 0 Å². The number of piperidine rings is 1. The van der Waals surface area contributed by atoms with Gasteiger partial charge in [0, 0.05) is 39.6 Å². The molecule has 1 heterocycles. The smallest absolute Gasteiger partial charge is 0.222 e. The number of methoxy groups -OCH3 is 1. The highest BCUT2D eigenvalue weighted by Crippen LogP contribution is 2.10. The monoisotopic (exact) mass is 228 g/mol. The van der Waals surface area contributed by atoms with Crippen LogP contribution < -0.4 is 5.32 Å². The molecule has 1 N–H and O–H groups in total. The second-order valence-electron chi connectivity index (χ2n) is 4.09. The lowest BCUT2D eigenvalue weighted by molar-refractivity contribution is -0.130. The van der Waals surface area contributed by atoms with Crippen LogP contribution in [0.1, 0.15) is 26.2 Å². The number of carbonyl (C=O) groups is 2. The number of likely N-dealkylation sites (tertiary alicyclic amines) is 1. The van der Waals surface area contributed by atoms with Crippen LogP contribution in [-0.4, -0.2) is 49.6 Å². The first-order chi connectivity index (χ1) is 7.63. The van der Waals surface area contributed by atoms with E-state index in [2.05, 4.69) is 5.32 Å². The molecule has 1 fully saturated rings.